The smallest absolute Gasteiger partial charge is 0.179 e. The predicted octanol–water partition coefficient (Wildman–Crippen LogP) is 3.25. The molecule has 1 aromatic carbocycles. The van der Waals surface area contributed by atoms with Crippen molar-refractivity contribution < 1.29 is 9.47 Å². The standard InChI is InChI=1S/C15H19ClN4O2/c1-4-21-14-6-12(7-19-20-9-17-18-10-20)5-13(16)15(14)22-8-11(2)3/h5-7,9-11H,4,8H2,1-3H3/b19-7-. The Hall–Kier alpha value is -2.08. The first kappa shape index (κ1) is 16.3. The van der Waals surface area contributed by atoms with E-state index < -0.39 is 0 Å². The van der Waals surface area contributed by atoms with Crippen LogP contribution in [0.5, 0.6) is 11.5 Å². The number of aromatic nitrogens is 3. The van der Waals surface area contributed by atoms with Gasteiger partial charge in [-0.2, -0.15) is 5.10 Å². The molecule has 2 aromatic rings. The van der Waals surface area contributed by atoms with Crippen LogP contribution in [-0.2, 0) is 0 Å². The van der Waals surface area contributed by atoms with Crippen molar-refractivity contribution in [3.05, 3.63) is 35.4 Å². The number of rotatable bonds is 7. The van der Waals surface area contributed by atoms with Gasteiger partial charge in [0, 0.05) is 0 Å². The summed E-state index contributed by atoms with van der Waals surface area (Å²) >= 11 is 6.32. The second kappa shape index (κ2) is 7.79. The lowest BCUT2D eigenvalue weighted by atomic mass is 10.2. The van der Waals surface area contributed by atoms with E-state index in [1.165, 1.54) is 17.3 Å². The molecule has 0 amide bonds. The molecule has 0 aliphatic carbocycles. The van der Waals surface area contributed by atoms with Crippen molar-refractivity contribution in [2.24, 2.45) is 11.0 Å². The zero-order valence-corrected chi connectivity index (χ0v) is 13.6. The van der Waals surface area contributed by atoms with E-state index in [1.54, 1.807) is 12.3 Å². The summed E-state index contributed by atoms with van der Waals surface area (Å²) in [6.07, 6.45) is 4.66. The molecular formula is C15H19ClN4O2. The van der Waals surface area contributed by atoms with Crippen LogP contribution in [0.15, 0.2) is 29.9 Å². The molecule has 0 radical (unpaired) electrons. The summed E-state index contributed by atoms with van der Waals surface area (Å²) in [6, 6.07) is 3.63. The molecule has 118 valence electrons. The molecule has 7 heteroatoms. The molecule has 0 bridgehead atoms. The van der Waals surface area contributed by atoms with E-state index in [1.807, 2.05) is 13.0 Å². The van der Waals surface area contributed by atoms with Crippen LogP contribution >= 0.6 is 11.6 Å². The summed E-state index contributed by atoms with van der Waals surface area (Å²) in [5.74, 6) is 1.58. The van der Waals surface area contributed by atoms with Gasteiger partial charge in [0.05, 0.1) is 24.5 Å². The Balaban J connectivity index is 2.25. The van der Waals surface area contributed by atoms with Gasteiger partial charge in [0.1, 0.15) is 12.7 Å². The van der Waals surface area contributed by atoms with Crippen LogP contribution in [0.1, 0.15) is 26.3 Å². The average molecular weight is 323 g/mol. The van der Waals surface area contributed by atoms with Crippen LogP contribution in [0.2, 0.25) is 5.02 Å². The molecule has 0 aliphatic heterocycles. The van der Waals surface area contributed by atoms with Crippen LogP contribution in [0.25, 0.3) is 0 Å². The Morgan fingerprint density at radius 3 is 2.64 bits per heavy atom. The summed E-state index contributed by atoms with van der Waals surface area (Å²) in [6.45, 7) is 7.18. The Morgan fingerprint density at radius 2 is 2.00 bits per heavy atom. The summed E-state index contributed by atoms with van der Waals surface area (Å²) < 4.78 is 12.9. The monoisotopic (exact) mass is 322 g/mol. The second-order valence-electron chi connectivity index (χ2n) is 5.05. The molecule has 0 N–H and O–H groups in total. The van der Waals surface area contributed by atoms with Crippen LogP contribution < -0.4 is 9.47 Å². The van der Waals surface area contributed by atoms with Gasteiger partial charge in [0.2, 0.25) is 0 Å². The number of hydrogen-bond acceptors (Lipinski definition) is 5. The van der Waals surface area contributed by atoms with Gasteiger partial charge >= 0.3 is 0 Å². The van der Waals surface area contributed by atoms with Crippen molar-refractivity contribution in [1.29, 1.82) is 0 Å². The predicted molar refractivity (Wildman–Crippen MR) is 86.0 cm³/mol. The first-order chi connectivity index (χ1) is 10.6. The van der Waals surface area contributed by atoms with Gasteiger partial charge in [-0.1, -0.05) is 25.4 Å². The summed E-state index contributed by atoms with van der Waals surface area (Å²) in [5, 5.41) is 12.1. The Kier molecular flexibility index (Phi) is 5.77. The normalized spacial score (nSPS) is 11.3. The minimum Gasteiger partial charge on any atom is -0.490 e. The number of hydrogen-bond donors (Lipinski definition) is 0. The number of halogens is 1. The minimum atomic E-state index is 0.403. The van der Waals surface area contributed by atoms with E-state index in [9.17, 15) is 0 Å². The Bertz CT molecular complexity index is 627. The topological polar surface area (TPSA) is 61.5 Å². The molecule has 0 saturated carbocycles. The third-order valence-electron chi connectivity index (χ3n) is 2.64. The first-order valence-electron chi connectivity index (χ1n) is 7.08. The average Bonchev–Trinajstić information content (AvgIpc) is 2.97. The van der Waals surface area contributed by atoms with Gasteiger partial charge < -0.3 is 9.47 Å². The molecule has 22 heavy (non-hydrogen) atoms. The molecule has 1 aromatic heterocycles. The fraction of sp³-hybridized carbons (Fsp3) is 0.400. The van der Waals surface area contributed by atoms with Crippen LogP contribution in [0.4, 0.5) is 0 Å². The highest BCUT2D eigenvalue weighted by molar-refractivity contribution is 6.32. The fourth-order valence-corrected chi connectivity index (χ4v) is 1.98. The van der Waals surface area contributed by atoms with Gasteiger partial charge in [-0.15, -0.1) is 10.2 Å². The zero-order valence-electron chi connectivity index (χ0n) is 12.9. The lowest BCUT2D eigenvalue weighted by Crippen LogP contribution is -2.07. The Labute approximate surface area is 134 Å². The van der Waals surface area contributed by atoms with E-state index in [0.29, 0.717) is 35.7 Å². The van der Waals surface area contributed by atoms with Crippen LogP contribution in [-0.4, -0.2) is 34.3 Å². The maximum Gasteiger partial charge on any atom is 0.179 e. The highest BCUT2D eigenvalue weighted by Gasteiger charge is 2.12. The maximum absolute atomic E-state index is 6.32. The molecule has 0 fully saturated rings. The molecular weight excluding hydrogens is 304 g/mol. The minimum absolute atomic E-state index is 0.403. The van der Waals surface area contributed by atoms with Crippen molar-refractivity contribution in [2.45, 2.75) is 20.8 Å². The maximum atomic E-state index is 6.32. The van der Waals surface area contributed by atoms with Crippen molar-refractivity contribution in [3.63, 3.8) is 0 Å². The summed E-state index contributed by atoms with van der Waals surface area (Å²) in [4.78, 5) is 0. The first-order valence-corrected chi connectivity index (χ1v) is 7.46. The third kappa shape index (κ3) is 4.46. The molecule has 2 rings (SSSR count). The van der Waals surface area contributed by atoms with Crippen molar-refractivity contribution >= 4 is 17.8 Å². The van der Waals surface area contributed by atoms with E-state index in [-0.39, 0.29) is 0 Å². The zero-order chi connectivity index (χ0) is 15.9. The molecule has 1 heterocycles. The molecule has 0 saturated heterocycles. The number of nitrogens with zero attached hydrogens (tertiary/aromatic N) is 4. The lowest BCUT2D eigenvalue weighted by molar-refractivity contribution is 0.248. The quantitative estimate of drug-likeness (QED) is 0.734. The third-order valence-corrected chi connectivity index (χ3v) is 2.92. The molecule has 6 nitrogen and oxygen atoms in total. The molecule has 0 spiro atoms. The van der Waals surface area contributed by atoms with Crippen LogP contribution in [0, 0.1) is 5.92 Å². The van der Waals surface area contributed by atoms with Gasteiger partial charge in [-0.05, 0) is 30.5 Å². The SMILES string of the molecule is CCOc1cc(/C=N\n2cnnc2)cc(Cl)c1OCC(C)C. The number of ether oxygens (including phenoxy) is 2. The van der Waals surface area contributed by atoms with Crippen molar-refractivity contribution in [2.75, 3.05) is 13.2 Å². The highest BCUT2D eigenvalue weighted by Crippen LogP contribution is 2.36. The summed E-state index contributed by atoms with van der Waals surface area (Å²) in [5.41, 5.74) is 0.805. The van der Waals surface area contributed by atoms with Gasteiger partial charge in [0.25, 0.3) is 0 Å². The highest BCUT2D eigenvalue weighted by atomic mass is 35.5. The van der Waals surface area contributed by atoms with Gasteiger partial charge in [-0.25, -0.2) is 4.68 Å². The van der Waals surface area contributed by atoms with Crippen LogP contribution in [0.3, 0.4) is 0 Å². The molecule has 0 aliphatic rings. The lowest BCUT2D eigenvalue weighted by Gasteiger charge is -2.15. The molecule has 0 unspecified atom stereocenters. The van der Waals surface area contributed by atoms with Crippen molar-refractivity contribution in [3.8, 4) is 11.5 Å². The fourth-order valence-electron chi connectivity index (χ4n) is 1.70. The summed E-state index contributed by atoms with van der Waals surface area (Å²) in [7, 11) is 0. The van der Waals surface area contributed by atoms with Gasteiger partial charge in [0.15, 0.2) is 11.5 Å². The van der Waals surface area contributed by atoms with Crippen molar-refractivity contribution in [1.82, 2.24) is 14.9 Å². The van der Waals surface area contributed by atoms with E-state index >= 15 is 0 Å². The largest absolute Gasteiger partial charge is 0.490 e. The van der Waals surface area contributed by atoms with E-state index in [4.69, 9.17) is 21.1 Å². The van der Waals surface area contributed by atoms with E-state index in [2.05, 4.69) is 29.1 Å². The van der Waals surface area contributed by atoms with E-state index in [0.717, 1.165) is 5.56 Å². The molecule has 0 atom stereocenters. The second-order valence-corrected chi connectivity index (χ2v) is 5.46. The van der Waals surface area contributed by atoms with Gasteiger partial charge in [-0.3, -0.25) is 0 Å². The number of benzene rings is 1. The Morgan fingerprint density at radius 1 is 1.27 bits per heavy atom.